The molecule has 1 N–H and O–H groups in total. The molecule has 2 heterocycles. The fourth-order valence-electron chi connectivity index (χ4n) is 3.31. The molecule has 0 saturated carbocycles. The van der Waals surface area contributed by atoms with Crippen molar-refractivity contribution in [2.75, 3.05) is 13.1 Å². The Kier molecular flexibility index (Phi) is 5.23. The zero-order valence-corrected chi connectivity index (χ0v) is 15.1. The molecular formula is C18H21F3N4O2. The van der Waals surface area contributed by atoms with Gasteiger partial charge in [-0.25, -0.2) is 0 Å². The fraction of sp³-hybridized carbons (Fsp3) is 0.500. The minimum absolute atomic E-state index is 0.0296. The molecule has 1 saturated heterocycles. The number of alkyl halides is 3. The summed E-state index contributed by atoms with van der Waals surface area (Å²) in [6, 6.07) is 4.59. The number of piperazine rings is 1. The Hall–Kier alpha value is -2.42. The smallest absolute Gasteiger partial charge is 0.353 e. The van der Waals surface area contributed by atoms with Gasteiger partial charge in [0.15, 0.2) is 0 Å². The number of carbonyl (C=O) groups excluding carboxylic acids is 1. The van der Waals surface area contributed by atoms with E-state index in [-0.39, 0.29) is 11.7 Å². The van der Waals surface area contributed by atoms with Crippen LogP contribution in [0.3, 0.4) is 0 Å². The van der Waals surface area contributed by atoms with Gasteiger partial charge in [-0.05, 0) is 25.5 Å². The first kappa shape index (κ1) is 19.3. The van der Waals surface area contributed by atoms with Crippen LogP contribution in [0, 0.1) is 0 Å². The van der Waals surface area contributed by atoms with Gasteiger partial charge in [-0.2, -0.15) is 18.2 Å². The number of nitrogens with one attached hydrogen (secondary N) is 1. The van der Waals surface area contributed by atoms with E-state index >= 15 is 0 Å². The summed E-state index contributed by atoms with van der Waals surface area (Å²) in [6.07, 6.45) is -2.85. The molecule has 1 aliphatic heterocycles. The van der Waals surface area contributed by atoms with Crippen LogP contribution in [0.4, 0.5) is 13.2 Å². The van der Waals surface area contributed by atoms with Gasteiger partial charge >= 0.3 is 6.18 Å². The molecule has 1 atom stereocenters. The Bertz CT molecular complexity index is 804. The van der Waals surface area contributed by atoms with Crippen molar-refractivity contribution >= 4 is 5.91 Å². The van der Waals surface area contributed by atoms with Crippen molar-refractivity contribution in [1.82, 2.24) is 20.4 Å². The van der Waals surface area contributed by atoms with Crippen molar-refractivity contribution in [3.63, 3.8) is 0 Å². The molecule has 1 aromatic carbocycles. The van der Waals surface area contributed by atoms with Crippen LogP contribution < -0.4 is 5.32 Å². The lowest BCUT2D eigenvalue weighted by molar-refractivity contribution is -0.138. The number of halogens is 3. The summed E-state index contributed by atoms with van der Waals surface area (Å²) in [4.78, 5) is 18.6. The minimum atomic E-state index is -4.39. The Labute approximate surface area is 154 Å². The molecule has 0 aliphatic carbocycles. The maximum Gasteiger partial charge on any atom is 0.416 e. The third-order valence-electron chi connectivity index (χ3n) is 4.86. The molecule has 0 spiro atoms. The molecule has 1 fully saturated rings. The van der Waals surface area contributed by atoms with Gasteiger partial charge < -0.3 is 9.84 Å². The van der Waals surface area contributed by atoms with E-state index in [1.807, 2.05) is 18.7 Å². The van der Waals surface area contributed by atoms with Crippen LogP contribution in [0.1, 0.15) is 38.1 Å². The molecule has 0 bridgehead atoms. The third kappa shape index (κ3) is 3.97. The quantitative estimate of drug-likeness (QED) is 0.860. The second-order valence-electron chi connectivity index (χ2n) is 6.79. The van der Waals surface area contributed by atoms with Crippen molar-refractivity contribution in [3.05, 3.63) is 35.7 Å². The highest BCUT2D eigenvalue weighted by Gasteiger charge is 2.41. The number of rotatable bonds is 5. The summed E-state index contributed by atoms with van der Waals surface area (Å²) in [5.74, 6) is 0.511. The van der Waals surface area contributed by atoms with Gasteiger partial charge in [0.05, 0.1) is 17.6 Å². The maximum atomic E-state index is 12.7. The van der Waals surface area contributed by atoms with Crippen molar-refractivity contribution < 1.29 is 22.5 Å². The van der Waals surface area contributed by atoms with E-state index in [2.05, 4.69) is 15.5 Å². The fourth-order valence-corrected chi connectivity index (χ4v) is 3.31. The summed E-state index contributed by atoms with van der Waals surface area (Å²) in [5, 5.41) is 6.74. The molecule has 0 radical (unpaired) electrons. The van der Waals surface area contributed by atoms with Crippen LogP contribution in [0.2, 0.25) is 0 Å². The number of amides is 1. The molecule has 1 amide bonds. The molecule has 1 aliphatic rings. The minimum Gasteiger partial charge on any atom is -0.353 e. The van der Waals surface area contributed by atoms with Gasteiger partial charge in [-0.3, -0.25) is 9.69 Å². The van der Waals surface area contributed by atoms with E-state index in [9.17, 15) is 18.0 Å². The molecule has 6 nitrogen and oxygen atoms in total. The number of hydrogen-bond donors (Lipinski definition) is 1. The van der Waals surface area contributed by atoms with E-state index in [0.29, 0.717) is 37.5 Å². The zero-order chi connectivity index (χ0) is 19.7. The topological polar surface area (TPSA) is 71.3 Å². The van der Waals surface area contributed by atoms with Crippen molar-refractivity contribution in [2.24, 2.45) is 0 Å². The zero-order valence-electron chi connectivity index (χ0n) is 15.1. The first-order chi connectivity index (χ1) is 12.7. The lowest BCUT2D eigenvalue weighted by Gasteiger charge is -2.42. The van der Waals surface area contributed by atoms with Gasteiger partial charge in [0.25, 0.3) is 0 Å². The Morgan fingerprint density at radius 1 is 1.30 bits per heavy atom. The SMILES string of the molecule is CCCC1(C)C(=O)NCCN1Cc1nc(-c2ccc(C(F)(F)F)cc2)no1. The average Bonchev–Trinajstić information content (AvgIpc) is 3.08. The lowest BCUT2D eigenvalue weighted by Crippen LogP contribution is -2.62. The highest BCUT2D eigenvalue weighted by molar-refractivity contribution is 5.86. The van der Waals surface area contributed by atoms with Crippen LogP contribution in [0.5, 0.6) is 0 Å². The van der Waals surface area contributed by atoms with Crippen LogP contribution >= 0.6 is 0 Å². The summed E-state index contributed by atoms with van der Waals surface area (Å²) < 4.78 is 43.3. The van der Waals surface area contributed by atoms with Crippen LogP contribution in [0.15, 0.2) is 28.8 Å². The number of nitrogens with zero attached hydrogens (tertiary/aromatic N) is 3. The lowest BCUT2D eigenvalue weighted by atomic mass is 9.90. The average molecular weight is 382 g/mol. The van der Waals surface area contributed by atoms with Crippen LogP contribution in [-0.2, 0) is 17.5 Å². The number of aromatic nitrogens is 2. The second-order valence-corrected chi connectivity index (χ2v) is 6.79. The Morgan fingerprint density at radius 2 is 2.00 bits per heavy atom. The van der Waals surface area contributed by atoms with Crippen molar-refractivity contribution in [1.29, 1.82) is 0 Å². The van der Waals surface area contributed by atoms with Crippen LogP contribution in [0.25, 0.3) is 11.4 Å². The van der Waals surface area contributed by atoms with Gasteiger partial charge in [0.1, 0.15) is 0 Å². The predicted molar refractivity (Wildman–Crippen MR) is 91.5 cm³/mol. The Balaban J connectivity index is 1.76. The maximum absolute atomic E-state index is 12.7. The van der Waals surface area contributed by atoms with Gasteiger partial charge in [0, 0.05) is 18.7 Å². The van der Waals surface area contributed by atoms with Gasteiger partial charge in [0.2, 0.25) is 17.6 Å². The monoisotopic (exact) mass is 382 g/mol. The van der Waals surface area contributed by atoms with Gasteiger partial charge in [-0.15, -0.1) is 0 Å². The second kappa shape index (κ2) is 7.30. The van der Waals surface area contributed by atoms with E-state index in [0.717, 1.165) is 18.6 Å². The first-order valence-electron chi connectivity index (χ1n) is 8.77. The summed E-state index contributed by atoms with van der Waals surface area (Å²) in [7, 11) is 0. The Morgan fingerprint density at radius 3 is 2.63 bits per heavy atom. The van der Waals surface area contributed by atoms with Crippen LogP contribution in [-0.4, -0.2) is 39.6 Å². The molecule has 1 unspecified atom stereocenters. The van der Waals surface area contributed by atoms with E-state index < -0.39 is 17.3 Å². The standard InChI is InChI=1S/C18H21F3N4O2/c1-3-8-17(2)16(26)22-9-10-25(17)11-14-23-15(24-27-14)12-4-6-13(7-5-12)18(19,20)21/h4-7H,3,8-11H2,1-2H3,(H,22,26). The molecule has 146 valence electrons. The van der Waals surface area contributed by atoms with Crippen molar-refractivity contribution in [3.8, 4) is 11.4 Å². The largest absolute Gasteiger partial charge is 0.416 e. The molecule has 9 heteroatoms. The van der Waals surface area contributed by atoms with E-state index in [1.165, 1.54) is 12.1 Å². The molecule has 27 heavy (non-hydrogen) atoms. The molecular weight excluding hydrogens is 361 g/mol. The highest BCUT2D eigenvalue weighted by Crippen LogP contribution is 2.31. The number of carbonyl (C=O) groups is 1. The van der Waals surface area contributed by atoms with E-state index in [4.69, 9.17) is 4.52 Å². The van der Waals surface area contributed by atoms with Gasteiger partial charge in [-0.1, -0.05) is 30.6 Å². The third-order valence-corrected chi connectivity index (χ3v) is 4.86. The van der Waals surface area contributed by atoms with Crippen molar-refractivity contribution in [2.45, 2.75) is 44.9 Å². The summed E-state index contributed by atoms with van der Waals surface area (Å²) in [6.45, 7) is 5.40. The molecule has 2 aromatic rings. The number of hydrogen-bond acceptors (Lipinski definition) is 5. The molecule has 1 aromatic heterocycles. The normalized spacial score (nSPS) is 21.3. The first-order valence-corrected chi connectivity index (χ1v) is 8.77. The predicted octanol–water partition coefficient (Wildman–Crippen LogP) is 3.25. The van der Waals surface area contributed by atoms with E-state index in [1.54, 1.807) is 0 Å². The highest BCUT2D eigenvalue weighted by atomic mass is 19.4. The molecule has 3 rings (SSSR count). The summed E-state index contributed by atoms with van der Waals surface area (Å²) >= 11 is 0. The summed E-state index contributed by atoms with van der Waals surface area (Å²) in [5.41, 5.74) is -0.953. The number of benzene rings is 1.